The summed E-state index contributed by atoms with van der Waals surface area (Å²) in [5, 5.41) is 0. The second kappa shape index (κ2) is 6.96. The Hall–Kier alpha value is -3.00. The van der Waals surface area contributed by atoms with Gasteiger partial charge in [0.25, 0.3) is 10.0 Å². The Bertz CT molecular complexity index is 1030. The van der Waals surface area contributed by atoms with Crippen molar-refractivity contribution in [2.24, 2.45) is 0 Å². The molecule has 2 aromatic carbocycles. The zero-order valence-electron chi connectivity index (χ0n) is 14.9. The number of nitrogens with one attached hydrogen (secondary N) is 1. The highest BCUT2D eigenvalue weighted by Crippen LogP contribution is 2.28. The van der Waals surface area contributed by atoms with E-state index in [0.29, 0.717) is 22.5 Å². The van der Waals surface area contributed by atoms with E-state index in [9.17, 15) is 22.8 Å². The Kier molecular flexibility index (Phi) is 4.84. The summed E-state index contributed by atoms with van der Waals surface area (Å²) in [5.41, 5.74) is 1.71. The fourth-order valence-corrected chi connectivity index (χ4v) is 4.02. The number of nitrogens with zero attached hydrogens (tertiary/aromatic N) is 1. The molecule has 2 aromatic rings. The zero-order valence-corrected chi connectivity index (χ0v) is 15.7. The summed E-state index contributed by atoms with van der Waals surface area (Å²) in [6, 6.07) is 10.3. The van der Waals surface area contributed by atoms with Gasteiger partial charge in [0.1, 0.15) is 0 Å². The number of imide groups is 1. The number of rotatable bonds is 5. The van der Waals surface area contributed by atoms with E-state index < -0.39 is 10.0 Å². The van der Waals surface area contributed by atoms with E-state index in [0.717, 1.165) is 4.90 Å². The fourth-order valence-electron chi connectivity index (χ4n) is 2.88. The zero-order chi connectivity index (χ0) is 19.8. The van der Waals surface area contributed by atoms with Crippen molar-refractivity contribution in [1.82, 2.24) is 0 Å². The molecule has 1 N–H and O–H groups in total. The van der Waals surface area contributed by atoms with Gasteiger partial charge in [0.2, 0.25) is 11.8 Å². The molecule has 1 saturated heterocycles. The molecule has 0 bridgehead atoms. The van der Waals surface area contributed by atoms with Crippen LogP contribution in [0, 0.1) is 6.92 Å². The lowest BCUT2D eigenvalue weighted by Gasteiger charge is -2.17. The molecular weight excluding hydrogens is 368 g/mol. The number of hydrogen-bond acceptors (Lipinski definition) is 5. The van der Waals surface area contributed by atoms with Crippen LogP contribution >= 0.6 is 0 Å². The SMILES string of the molecule is CC(=O)c1ccc(NS(=O)(=O)c2ccc(N3C(=O)CCC3=O)c(C)c2)cc1. The molecule has 1 aliphatic rings. The highest BCUT2D eigenvalue weighted by atomic mass is 32.2. The number of hydrogen-bond donors (Lipinski definition) is 1. The van der Waals surface area contributed by atoms with E-state index >= 15 is 0 Å². The third-order valence-electron chi connectivity index (χ3n) is 4.31. The van der Waals surface area contributed by atoms with Crippen molar-refractivity contribution in [2.75, 3.05) is 9.62 Å². The van der Waals surface area contributed by atoms with E-state index in [-0.39, 0.29) is 35.3 Å². The third-order valence-corrected chi connectivity index (χ3v) is 5.69. The van der Waals surface area contributed by atoms with Gasteiger partial charge in [-0.2, -0.15) is 0 Å². The minimum absolute atomic E-state index is 0.0125. The van der Waals surface area contributed by atoms with Gasteiger partial charge in [-0.1, -0.05) is 0 Å². The summed E-state index contributed by atoms with van der Waals surface area (Å²) < 4.78 is 27.7. The van der Waals surface area contributed by atoms with Crippen LogP contribution in [0.5, 0.6) is 0 Å². The molecule has 0 spiro atoms. The molecule has 2 amide bonds. The highest BCUT2D eigenvalue weighted by Gasteiger charge is 2.31. The molecule has 1 heterocycles. The van der Waals surface area contributed by atoms with Crippen LogP contribution < -0.4 is 9.62 Å². The summed E-state index contributed by atoms with van der Waals surface area (Å²) in [4.78, 5) is 36.2. The lowest BCUT2D eigenvalue weighted by Crippen LogP contribution is -2.29. The monoisotopic (exact) mass is 386 g/mol. The Balaban J connectivity index is 1.86. The van der Waals surface area contributed by atoms with Gasteiger partial charge in [-0.25, -0.2) is 8.42 Å². The van der Waals surface area contributed by atoms with Gasteiger partial charge in [-0.05, 0) is 61.9 Å². The van der Waals surface area contributed by atoms with Crippen molar-refractivity contribution >= 4 is 39.0 Å². The van der Waals surface area contributed by atoms with Crippen LogP contribution in [0.4, 0.5) is 11.4 Å². The fraction of sp³-hybridized carbons (Fsp3) is 0.211. The average molecular weight is 386 g/mol. The first-order chi connectivity index (χ1) is 12.7. The first kappa shape index (κ1) is 18.8. The largest absolute Gasteiger partial charge is 0.295 e. The minimum Gasteiger partial charge on any atom is -0.295 e. The summed E-state index contributed by atoms with van der Waals surface area (Å²) >= 11 is 0. The lowest BCUT2D eigenvalue weighted by molar-refractivity contribution is -0.121. The van der Waals surface area contributed by atoms with Gasteiger partial charge in [0.15, 0.2) is 5.78 Å². The van der Waals surface area contributed by atoms with Gasteiger partial charge in [0, 0.05) is 24.1 Å². The topological polar surface area (TPSA) is 101 Å². The van der Waals surface area contributed by atoms with E-state index in [2.05, 4.69) is 4.72 Å². The Morgan fingerprint density at radius 1 is 1.00 bits per heavy atom. The second-order valence-electron chi connectivity index (χ2n) is 6.31. The summed E-state index contributed by atoms with van der Waals surface area (Å²) in [6.45, 7) is 3.08. The Morgan fingerprint density at radius 2 is 1.59 bits per heavy atom. The number of Topliss-reactive ketones (excluding diaryl/α,β-unsaturated/α-hetero) is 1. The van der Waals surface area contributed by atoms with E-state index in [1.807, 2.05) is 0 Å². The number of sulfonamides is 1. The quantitative estimate of drug-likeness (QED) is 0.629. The van der Waals surface area contributed by atoms with Crippen molar-refractivity contribution in [3.05, 3.63) is 53.6 Å². The van der Waals surface area contributed by atoms with Gasteiger partial charge >= 0.3 is 0 Å². The molecule has 0 atom stereocenters. The van der Waals surface area contributed by atoms with E-state index in [4.69, 9.17) is 0 Å². The Morgan fingerprint density at radius 3 is 2.11 bits per heavy atom. The number of amides is 2. The maximum atomic E-state index is 12.6. The van der Waals surface area contributed by atoms with Crippen molar-refractivity contribution in [2.45, 2.75) is 31.6 Å². The molecule has 0 aliphatic carbocycles. The van der Waals surface area contributed by atoms with Crippen LogP contribution in [-0.2, 0) is 19.6 Å². The average Bonchev–Trinajstić information content (AvgIpc) is 2.93. The summed E-state index contributed by atoms with van der Waals surface area (Å²) in [5.74, 6) is -0.689. The van der Waals surface area contributed by atoms with Gasteiger partial charge in [0.05, 0.1) is 10.6 Å². The van der Waals surface area contributed by atoms with Gasteiger partial charge in [-0.3, -0.25) is 24.0 Å². The molecule has 1 aliphatic heterocycles. The first-order valence-corrected chi connectivity index (χ1v) is 9.77. The number of carbonyl (C=O) groups is 3. The maximum absolute atomic E-state index is 12.6. The Labute approximate surface area is 157 Å². The third kappa shape index (κ3) is 3.75. The smallest absolute Gasteiger partial charge is 0.261 e. The molecule has 8 heteroatoms. The van der Waals surface area contributed by atoms with Gasteiger partial charge in [-0.15, -0.1) is 0 Å². The van der Waals surface area contributed by atoms with Crippen LogP contribution in [0.2, 0.25) is 0 Å². The minimum atomic E-state index is -3.86. The number of aryl methyl sites for hydroxylation is 1. The summed E-state index contributed by atoms with van der Waals surface area (Å²) in [6.07, 6.45) is 0.326. The molecule has 1 fully saturated rings. The van der Waals surface area contributed by atoms with Crippen LogP contribution in [0.1, 0.15) is 35.7 Å². The lowest BCUT2D eigenvalue weighted by atomic mass is 10.1. The normalized spacial score (nSPS) is 14.5. The number of ketones is 1. The van der Waals surface area contributed by atoms with Crippen molar-refractivity contribution in [1.29, 1.82) is 0 Å². The summed E-state index contributed by atoms with van der Waals surface area (Å²) in [7, 11) is -3.86. The van der Waals surface area contributed by atoms with Crippen molar-refractivity contribution in [3.63, 3.8) is 0 Å². The highest BCUT2D eigenvalue weighted by molar-refractivity contribution is 7.92. The van der Waals surface area contributed by atoms with Crippen LogP contribution in [0.15, 0.2) is 47.4 Å². The number of carbonyl (C=O) groups excluding carboxylic acids is 3. The van der Waals surface area contributed by atoms with Gasteiger partial charge < -0.3 is 0 Å². The number of anilines is 2. The van der Waals surface area contributed by atoms with E-state index in [1.54, 1.807) is 19.1 Å². The molecule has 0 aromatic heterocycles. The molecule has 27 heavy (non-hydrogen) atoms. The standard InChI is InChI=1S/C19H18N2O5S/c1-12-11-16(7-8-17(12)21-18(23)9-10-19(21)24)27(25,26)20-15-5-3-14(4-6-15)13(2)22/h3-8,11,20H,9-10H2,1-2H3. The van der Waals surface area contributed by atoms with E-state index in [1.165, 1.54) is 37.3 Å². The van der Waals surface area contributed by atoms with Crippen LogP contribution in [-0.4, -0.2) is 26.0 Å². The number of benzene rings is 2. The predicted molar refractivity (Wildman–Crippen MR) is 100 cm³/mol. The van der Waals surface area contributed by atoms with Crippen LogP contribution in [0.3, 0.4) is 0 Å². The predicted octanol–water partition coefficient (Wildman–Crippen LogP) is 2.65. The van der Waals surface area contributed by atoms with Crippen molar-refractivity contribution < 1.29 is 22.8 Å². The molecule has 0 unspecified atom stereocenters. The molecule has 7 nitrogen and oxygen atoms in total. The molecule has 3 rings (SSSR count). The maximum Gasteiger partial charge on any atom is 0.261 e. The van der Waals surface area contributed by atoms with Crippen molar-refractivity contribution in [3.8, 4) is 0 Å². The molecule has 140 valence electrons. The second-order valence-corrected chi connectivity index (χ2v) is 7.99. The molecule has 0 radical (unpaired) electrons. The molecule has 0 saturated carbocycles. The first-order valence-electron chi connectivity index (χ1n) is 8.29. The van der Waals surface area contributed by atoms with Crippen LogP contribution in [0.25, 0.3) is 0 Å². The molecular formula is C19H18N2O5S.